The number of aliphatic carboxylic acids is 1. The van der Waals surface area contributed by atoms with Crippen molar-refractivity contribution in [2.24, 2.45) is 0 Å². The number of nitrogens with zero attached hydrogens (tertiary/aromatic N) is 2. The number of hydrogen-bond acceptors (Lipinski definition) is 6. The van der Waals surface area contributed by atoms with Gasteiger partial charge in [0.05, 0.1) is 12.7 Å². The monoisotopic (exact) mass is 621 g/mol. The van der Waals surface area contributed by atoms with Crippen LogP contribution in [-0.4, -0.2) is 33.4 Å². The molecule has 7 nitrogen and oxygen atoms in total. The van der Waals surface area contributed by atoms with Crippen LogP contribution < -0.4 is 9.47 Å². The smallest absolute Gasteiger partial charge is 0.342 e. The summed E-state index contributed by atoms with van der Waals surface area (Å²) >= 11 is 10.5. The first-order valence-electron chi connectivity index (χ1n) is 11.7. The van der Waals surface area contributed by atoms with E-state index in [2.05, 4.69) is 31.1 Å². The number of hydrogen-bond donors (Lipinski definition) is 2. The lowest BCUT2D eigenvalue weighted by molar-refractivity contribution is -0.131. The summed E-state index contributed by atoms with van der Waals surface area (Å²) in [6, 6.07) is 24.5. The summed E-state index contributed by atoms with van der Waals surface area (Å²) in [6.45, 7) is 0.327. The summed E-state index contributed by atoms with van der Waals surface area (Å²) < 4.78 is 12.6. The molecular weight excluding hydrogens is 602 g/mol. The van der Waals surface area contributed by atoms with E-state index < -0.39 is 5.97 Å². The van der Waals surface area contributed by atoms with Gasteiger partial charge in [-0.2, -0.15) is 0 Å². The quantitative estimate of drug-likeness (QED) is 0.128. The van der Waals surface area contributed by atoms with Crippen molar-refractivity contribution < 1.29 is 19.4 Å². The molecule has 39 heavy (non-hydrogen) atoms. The molecule has 0 spiro atoms. The molecular formula is C29H21BrClN3O4S. The van der Waals surface area contributed by atoms with Gasteiger partial charge >= 0.3 is 5.97 Å². The highest BCUT2D eigenvalue weighted by molar-refractivity contribution is 9.10. The molecule has 0 bridgehead atoms. The van der Waals surface area contributed by atoms with Gasteiger partial charge < -0.3 is 14.6 Å². The van der Waals surface area contributed by atoms with Crippen LogP contribution in [0.2, 0.25) is 5.02 Å². The van der Waals surface area contributed by atoms with Crippen LogP contribution in [0.15, 0.2) is 93.4 Å². The molecule has 2 N–H and O–H groups in total. The summed E-state index contributed by atoms with van der Waals surface area (Å²) in [5, 5.41) is 19.7. The van der Waals surface area contributed by atoms with Crippen LogP contribution in [0.3, 0.4) is 0 Å². The second kappa shape index (κ2) is 11.9. The summed E-state index contributed by atoms with van der Waals surface area (Å²) in [5.41, 5.74) is 2.25. The van der Waals surface area contributed by atoms with E-state index in [1.165, 1.54) is 0 Å². The van der Waals surface area contributed by atoms with Crippen molar-refractivity contribution >= 4 is 62.1 Å². The fourth-order valence-corrected chi connectivity index (χ4v) is 5.06. The van der Waals surface area contributed by atoms with Crippen molar-refractivity contribution in [1.29, 1.82) is 0 Å². The lowest BCUT2D eigenvalue weighted by Gasteiger charge is -2.13. The fraction of sp³-hybridized carbons (Fsp3) is 0.0690. The second-order valence-electron chi connectivity index (χ2n) is 8.34. The molecule has 5 rings (SSSR count). The van der Waals surface area contributed by atoms with Gasteiger partial charge in [-0.1, -0.05) is 70.0 Å². The zero-order valence-electron chi connectivity index (χ0n) is 20.5. The van der Waals surface area contributed by atoms with Crippen molar-refractivity contribution in [3.63, 3.8) is 0 Å². The molecule has 0 saturated heterocycles. The summed E-state index contributed by atoms with van der Waals surface area (Å²) in [5.74, 6) is 0.420. The average Bonchev–Trinajstić information content (AvgIpc) is 3.41. The molecule has 1 aromatic heterocycles. The number of benzene rings is 4. The lowest BCUT2D eigenvalue weighted by Crippen LogP contribution is -2.00. The van der Waals surface area contributed by atoms with Gasteiger partial charge in [-0.3, -0.25) is 5.10 Å². The highest BCUT2D eigenvalue weighted by Crippen LogP contribution is 2.36. The molecule has 0 unspecified atom stereocenters. The highest BCUT2D eigenvalue weighted by atomic mass is 79.9. The number of methoxy groups -OCH3 is 1. The first-order valence-corrected chi connectivity index (χ1v) is 13.7. The number of carbonyl (C=O) groups is 1. The van der Waals surface area contributed by atoms with Crippen LogP contribution in [-0.2, 0) is 11.4 Å². The average molecular weight is 623 g/mol. The number of rotatable bonds is 9. The number of halogens is 2. The zero-order valence-corrected chi connectivity index (χ0v) is 23.7. The Morgan fingerprint density at radius 1 is 1.08 bits per heavy atom. The fourth-order valence-electron chi connectivity index (χ4n) is 3.93. The van der Waals surface area contributed by atoms with E-state index in [0.29, 0.717) is 40.1 Å². The third-order valence-electron chi connectivity index (χ3n) is 5.81. The minimum absolute atomic E-state index is 0.0310. The summed E-state index contributed by atoms with van der Waals surface area (Å²) in [6.07, 6.45) is 1.60. The van der Waals surface area contributed by atoms with Crippen LogP contribution in [0, 0.1) is 0 Å². The molecule has 5 aromatic rings. The predicted molar refractivity (Wildman–Crippen MR) is 157 cm³/mol. The first-order chi connectivity index (χ1) is 18.9. The van der Waals surface area contributed by atoms with Crippen molar-refractivity contribution in [2.45, 2.75) is 11.8 Å². The molecule has 0 aliphatic rings. The number of thioether (sulfide) groups is 1. The van der Waals surface area contributed by atoms with Gasteiger partial charge in [0.25, 0.3) is 0 Å². The molecule has 10 heteroatoms. The molecule has 0 radical (unpaired) electrons. The summed E-state index contributed by atoms with van der Waals surface area (Å²) in [7, 11) is 1.55. The number of carboxylic acids is 1. The Labute approximate surface area is 242 Å². The maximum absolute atomic E-state index is 12.4. The van der Waals surface area contributed by atoms with Gasteiger partial charge in [0.15, 0.2) is 5.82 Å². The van der Waals surface area contributed by atoms with Crippen molar-refractivity contribution in [3.05, 3.63) is 104 Å². The van der Waals surface area contributed by atoms with Crippen LogP contribution in [0.1, 0.15) is 11.1 Å². The van der Waals surface area contributed by atoms with E-state index in [-0.39, 0.29) is 10.1 Å². The topological polar surface area (TPSA) is 97.3 Å². The maximum atomic E-state index is 12.4. The Kier molecular flexibility index (Phi) is 8.21. The molecule has 0 amide bonds. The minimum atomic E-state index is -1.11. The SMILES string of the molecule is COc1ccc(Cl)cc1-c1nc(S/C(=C\c2c(OCc3ccc(Br)cc3)ccc3ccccc23)C(=O)O)n[nH]1. The van der Waals surface area contributed by atoms with E-state index >= 15 is 0 Å². The Morgan fingerprint density at radius 2 is 1.85 bits per heavy atom. The van der Waals surface area contributed by atoms with Crippen LogP contribution in [0.5, 0.6) is 11.5 Å². The van der Waals surface area contributed by atoms with Crippen LogP contribution in [0.25, 0.3) is 28.2 Å². The molecule has 0 aliphatic heterocycles. The second-order valence-corrected chi connectivity index (χ2v) is 10.7. The van der Waals surface area contributed by atoms with Crippen LogP contribution in [0.4, 0.5) is 0 Å². The normalized spacial score (nSPS) is 11.5. The Morgan fingerprint density at radius 3 is 2.62 bits per heavy atom. The number of aromatic nitrogens is 3. The van der Waals surface area contributed by atoms with Crippen molar-refractivity contribution in [2.75, 3.05) is 7.11 Å². The Bertz CT molecular complexity index is 1690. The molecule has 1 heterocycles. The van der Waals surface area contributed by atoms with Crippen molar-refractivity contribution in [1.82, 2.24) is 15.2 Å². The Hall–Kier alpha value is -3.79. The van der Waals surface area contributed by atoms with E-state index in [9.17, 15) is 9.90 Å². The van der Waals surface area contributed by atoms with Gasteiger partial charge in [0, 0.05) is 15.1 Å². The highest BCUT2D eigenvalue weighted by Gasteiger charge is 2.18. The molecule has 4 aromatic carbocycles. The van der Waals surface area contributed by atoms with E-state index in [0.717, 1.165) is 32.6 Å². The number of H-pyrrole nitrogens is 1. The third kappa shape index (κ3) is 6.27. The molecule has 0 fully saturated rings. The minimum Gasteiger partial charge on any atom is -0.496 e. The number of aromatic amines is 1. The molecule has 0 aliphatic carbocycles. The third-order valence-corrected chi connectivity index (χ3v) is 7.45. The molecule has 0 saturated carbocycles. The molecule has 0 atom stereocenters. The predicted octanol–water partition coefficient (Wildman–Crippen LogP) is 7.85. The first kappa shape index (κ1) is 26.8. The number of ether oxygens (including phenoxy) is 2. The number of carboxylic acid groups (broad SMARTS) is 1. The largest absolute Gasteiger partial charge is 0.496 e. The maximum Gasteiger partial charge on any atom is 0.342 e. The van der Waals surface area contributed by atoms with Gasteiger partial charge in [0.2, 0.25) is 5.16 Å². The number of fused-ring (bicyclic) bond motifs is 1. The lowest BCUT2D eigenvalue weighted by atomic mass is 10.0. The van der Waals surface area contributed by atoms with E-state index in [4.69, 9.17) is 21.1 Å². The van der Waals surface area contributed by atoms with Gasteiger partial charge in [-0.05, 0) is 70.6 Å². The summed E-state index contributed by atoms with van der Waals surface area (Å²) in [4.78, 5) is 16.9. The van der Waals surface area contributed by atoms with Gasteiger partial charge in [0.1, 0.15) is 23.0 Å². The van der Waals surface area contributed by atoms with Crippen molar-refractivity contribution in [3.8, 4) is 22.9 Å². The van der Waals surface area contributed by atoms with Gasteiger partial charge in [-0.15, -0.1) is 5.10 Å². The van der Waals surface area contributed by atoms with E-state index in [1.807, 2.05) is 60.7 Å². The number of nitrogens with one attached hydrogen (secondary N) is 1. The zero-order chi connectivity index (χ0) is 27.4. The standard InChI is InChI=1S/C29H21BrClN3O4S/c1-37-24-13-11-20(31)14-23(24)27-32-29(34-33-27)39-26(28(35)36)15-22-21-5-3-2-4-18(21)8-12-25(22)38-16-17-6-9-19(30)10-7-17/h2-15H,16H2,1H3,(H,35,36)(H,32,33,34)/b26-15-. The van der Waals surface area contributed by atoms with Gasteiger partial charge in [-0.25, -0.2) is 9.78 Å². The van der Waals surface area contributed by atoms with Crippen LogP contribution >= 0.6 is 39.3 Å². The Balaban J connectivity index is 1.49. The van der Waals surface area contributed by atoms with E-state index in [1.54, 1.807) is 31.4 Å². The molecule has 196 valence electrons.